The van der Waals surface area contributed by atoms with Gasteiger partial charge < -0.3 is 14.6 Å². The summed E-state index contributed by atoms with van der Waals surface area (Å²) in [5.41, 5.74) is 3.56. The monoisotopic (exact) mass is 270 g/mol. The third kappa shape index (κ3) is 2.67. The van der Waals surface area contributed by atoms with Crippen LogP contribution in [0.1, 0.15) is 15.9 Å². The number of halogens is 1. The molecule has 2 atom stereocenters. The van der Waals surface area contributed by atoms with Crippen molar-refractivity contribution in [2.24, 2.45) is 0 Å². The third-order valence-corrected chi connectivity index (χ3v) is 2.91. The maximum Gasteiger partial charge on any atom is 0.337 e. The Morgan fingerprint density at radius 3 is 2.79 bits per heavy atom. The van der Waals surface area contributed by atoms with Crippen LogP contribution in [0.4, 0.5) is 4.39 Å². The molecule has 1 saturated heterocycles. The van der Waals surface area contributed by atoms with Crippen LogP contribution in [0.3, 0.4) is 0 Å². The number of hydrogen-bond acceptors (Lipinski definition) is 6. The number of nitrogens with zero attached hydrogens (tertiary/aromatic N) is 1. The number of hydrogen-bond donors (Lipinski definition) is 2. The molecule has 2 N–H and O–H groups in total. The molecule has 0 bridgehead atoms. The van der Waals surface area contributed by atoms with Crippen molar-refractivity contribution in [3.63, 3.8) is 0 Å². The molecule has 1 aromatic carbocycles. The van der Waals surface area contributed by atoms with Crippen LogP contribution in [-0.2, 0) is 11.3 Å². The van der Waals surface area contributed by atoms with Crippen molar-refractivity contribution in [1.82, 2.24) is 10.4 Å². The summed E-state index contributed by atoms with van der Waals surface area (Å²) in [7, 11) is 2.76. The van der Waals surface area contributed by atoms with Crippen LogP contribution in [0, 0.1) is 0 Å². The Labute approximate surface area is 109 Å². The first-order valence-electron chi connectivity index (χ1n) is 5.67. The van der Waals surface area contributed by atoms with Gasteiger partial charge >= 0.3 is 5.97 Å². The van der Waals surface area contributed by atoms with Crippen molar-refractivity contribution < 1.29 is 23.8 Å². The first-order valence-corrected chi connectivity index (χ1v) is 5.67. The predicted molar refractivity (Wildman–Crippen MR) is 63.9 cm³/mol. The number of nitrogens with one attached hydrogen (secondary N) is 1. The second-order valence-electron chi connectivity index (χ2n) is 4.09. The van der Waals surface area contributed by atoms with E-state index < -0.39 is 18.5 Å². The number of carbonyl (C=O) groups is 1. The third-order valence-electron chi connectivity index (χ3n) is 2.91. The number of methoxy groups -OCH3 is 2. The van der Waals surface area contributed by atoms with Crippen LogP contribution in [-0.4, -0.2) is 42.8 Å². The minimum Gasteiger partial charge on any atom is -0.496 e. The minimum atomic E-state index is -1.45. The molecule has 7 heteroatoms. The van der Waals surface area contributed by atoms with Gasteiger partial charge in [0.1, 0.15) is 5.75 Å². The van der Waals surface area contributed by atoms with Gasteiger partial charge in [-0.1, -0.05) is 6.07 Å². The summed E-state index contributed by atoms with van der Waals surface area (Å²) in [6, 6.07) is 4.77. The van der Waals surface area contributed by atoms with E-state index in [0.717, 1.165) is 0 Å². The van der Waals surface area contributed by atoms with Crippen LogP contribution in [0.25, 0.3) is 0 Å². The Morgan fingerprint density at radius 1 is 1.53 bits per heavy atom. The number of alkyl halides is 1. The summed E-state index contributed by atoms with van der Waals surface area (Å²) in [4.78, 5) is 11.4. The topological polar surface area (TPSA) is 71.0 Å². The van der Waals surface area contributed by atoms with Gasteiger partial charge in [-0.2, -0.15) is 0 Å². The molecular weight excluding hydrogens is 255 g/mol. The lowest BCUT2D eigenvalue weighted by atomic mass is 10.1. The van der Waals surface area contributed by atoms with Crippen molar-refractivity contribution in [1.29, 1.82) is 0 Å². The Hall–Kier alpha value is -1.70. The van der Waals surface area contributed by atoms with Gasteiger partial charge in [-0.15, -0.1) is 0 Å². The highest BCUT2D eigenvalue weighted by atomic mass is 19.1. The van der Waals surface area contributed by atoms with E-state index in [4.69, 9.17) is 9.84 Å². The quantitative estimate of drug-likeness (QED) is 0.610. The van der Waals surface area contributed by atoms with Crippen molar-refractivity contribution in [2.75, 3.05) is 14.2 Å². The van der Waals surface area contributed by atoms with Gasteiger partial charge in [-0.05, 0) is 12.1 Å². The van der Waals surface area contributed by atoms with E-state index in [1.807, 2.05) is 0 Å². The molecule has 19 heavy (non-hydrogen) atoms. The number of benzene rings is 1. The van der Waals surface area contributed by atoms with Gasteiger partial charge in [0.25, 0.3) is 0 Å². The van der Waals surface area contributed by atoms with Crippen molar-refractivity contribution in [3.8, 4) is 5.75 Å². The van der Waals surface area contributed by atoms with Crippen LogP contribution in [0.5, 0.6) is 5.75 Å². The Morgan fingerprint density at radius 2 is 2.26 bits per heavy atom. The predicted octanol–water partition coefficient (Wildman–Crippen LogP) is 0.416. The SMILES string of the molecule is COC(=O)c1ccc(CN2N[C@H](O)C2F)c(OC)c1. The molecule has 1 heterocycles. The zero-order valence-corrected chi connectivity index (χ0v) is 10.6. The van der Waals surface area contributed by atoms with Crippen molar-refractivity contribution in [2.45, 2.75) is 19.1 Å². The van der Waals surface area contributed by atoms with Crippen LogP contribution >= 0.6 is 0 Å². The minimum absolute atomic E-state index is 0.211. The summed E-state index contributed by atoms with van der Waals surface area (Å²) >= 11 is 0. The number of ether oxygens (including phenoxy) is 2. The smallest absolute Gasteiger partial charge is 0.337 e. The molecule has 1 aliphatic heterocycles. The lowest BCUT2D eigenvalue weighted by Crippen LogP contribution is -2.66. The van der Waals surface area contributed by atoms with E-state index in [2.05, 4.69) is 10.2 Å². The molecule has 0 spiro atoms. The van der Waals surface area contributed by atoms with Gasteiger partial charge in [-0.3, -0.25) is 0 Å². The molecule has 1 aromatic rings. The molecule has 0 aromatic heterocycles. The maximum atomic E-state index is 13.3. The normalized spacial score (nSPS) is 22.7. The lowest BCUT2D eigenvalue weighted by Gasteiger charge is -2.40. The molecule has 1 aliphatic rings. The zero-order valence-electron chi connectivity index (χ0n) is 10.6. The molecule has 104 valence electrons. The van der Waals surface area contributed by atoms with Gasteiger partial charge in [0.2, 0.25) is 6.30 Å². The molecule has 0 saturated carbocycles. The second kappa shape index (κ2) is 5.52. The fourth-order valence-corrected chi connectivity index (χ4v) is 1.83. The van der Waals surface area contributed by atoms with E-state index in [0.29, 0.717) is 16.9 Å². The van der Waals surface area contributed by atoms with Crippen LogP contribution in [0.2, 0.25) is 0 Å². The molecular formula is C12H15FN2O4. The highest BCUT2D eigenvalue weighted by Gasteiger charge is 2.37. The Bertz CT molecular complexity index is 483. The van der Waals surface area contributed by atoms with Crippen LogP contribution in [0.15, 0.2) is 18.2 Å². The first-order chi connectivity index (χ1) is 9.06. The maximum absolute atomic E-state index is 13.3. The van der Waals surface area contributed by atoms with E-state index in [9.17, 15) is 9.18 Å². The molecule has 1 unspecified atom stereocenters. The molecule has 2 rings (SSSR count). The molecule has 0 aliphatic carbocycles. The number of esters is 1. The van der Waals surface area contributed by atoms with E-state index >= 15 is 0 Å². The average molecular weight is 270 g/mol. The average Bonchev–Trinajstić information content (AvgIpc) is 2.45. The van der Waals surface area contributed by atoms with Gasteiger partial charge in [0.05, 0.1) is 19.8 Å². The summed E-state index contributed by atoms with van der Waals surface area (Å²) in [5, 5.41) is 10.3. The van der Waals surface area contributed by atoms with Gasteiger partial charge in [-0.25, -0.2) is 19.6 Å². The number of rotatable bonds is 4. The summed E-state index contributed by atoms with van der Waals surface area (Å²) < 4.78 is 23.0. The van der Waals surface area contributed by atoms with E-state index in [-0.39, 0.29) is 6.54 Å². The summed E-state index contributed by atoms with van der Waals surface area (Å²) in [5.74, 6) is -0.0102. The molecule has 0 radical (unpaired) electrons. The van der Waals surface area contributed by atoms with Crippen molar-refractivity contribution >= 4 is 5.97 Å². The fraction of sp³-hybridized carbons (Fsp3) is 0.417. The largest absolute Gasteiger partial charge is 0.496 e. The fourth-order valence-electron chi connectivity index (χ4n) is 1.83. The van der Waals surface area contributed by atoms with Crippen LogP contribution < -0.4 is 10.2 Å². The van der Waals surface area contributed by atoms with Crippen molar-refractivity contribution in [3.05, 3.63) is 29.3 Å². The highest BCUT2D eigenvalue weighted by molar-refractivity contribution is 5.89. The molecule has 1 fully saturated rings. The second-order valence-corrected chi connectivity index (χ2v) is 4.09. The number of carbonyl (C=O) groups excluding carboxylic acids is 1. The highest BCUT2D eigenvalue weighted by Crippen LogP contribution is 2.25. The summed E-state index contributed by atoms with van der Waals surface area (Å²) in [6.07, 6.45) is -2.62. The number of aliphatic hydroxyl groups excluding tert-OH is 1. The van der Waals surface area contributed by atoms with Gasteiger partial charge in [0, 0.05) is 12.1 Å². The standard InChI is InChI=1S/C12H15FN2O4/c1-18-9-5-7(12(17)19-2)3-4-8(9)6-15-10(13)11(16)14-15/h3-5,10-11,14,16H,6H2,1-2H3/t10?,11-/m1/s1. The molecule has 0 amide bonds. The van der Waals surface area contributed by atoms with E-state index in [1.54, 1.807) is 12.1 Å². The van der Waals surface area contributed by atoms with E-state index in [1.165, 1.54) is 25.3 Å². The summed E-state index contributed by atoms with van der Waals surface area (Å²) in [6.45, 7) is 0.211. The lowest BCUT2D eigenvalue weighted by molar-refractivity contribution is -0.197. The zero-order chi connectivity index (χ0) is 14.0. The Balaban J connectivity index is 2.15. The first kappa shape index (κ1) is 13.7. The number of aliphatic hydroxyl groups is 1. The number of hydrazine groups is 1. The Kier molecular flexibility index (Phi) is 3.98. The molecule has 6 nitrogen and oxygen atoms in total. The van der Waals surface area contributed by atoms with Gasteiger partial charge in [0.15, 0.2) is 6.23 Å².